The second-order valence-electron chi connectivity index (χ2n) is 9.13. The number of sulfonamides is 1. The van der Waals surface area contributed by atoms with Gasteiger partial charge in [-0.3, -0.25) is 9.69 Å². The van der Waals surface area contributed by atoms with Crippen LogP contribution in [0, 0.1) is 6.92 Å². The van der Waals surface area contributed by atoms with Crippen LogP contribution in [0.2, 0.25) is 5.02 Å². The Morgan fingerprint density at radius 1 is 1.09 bits per heavy atom. The summed E-state index contributed by atoms with van der Waals surface area (Å²) in [6.45, 7) is 3.04. The van der Waals surface area contributed by atoms with Crippen LogP contribution in [0.15, 0.2) is 47.4 Å². The minimum atomic E-state index is -4.62. The number of anilines is 1. The molecule has 1 saturated heterocycles. The molecule has 1 heterocycles. The minimum absolute atomic E-state index is 0.140. The van der Waals surface area contributed by atoms with Gasteiger partial charge in [0.05, 0.1) is 27.7 Å². The third-order valence-electron chi connectivity index (χ3n) is 6.32. The van der Waals surface area contributed by atoms with Gasteiger partial charge in [0.2, 0.25) is 15.9 Å². The first-order valence-electron chi connectivity index (χ1n) is 11.4. The van der Waals surface area contributed by atoms with Crippen LogP contribution in [0.4, 0.5) is 18.9 Å². The van der Waals surface area contributed by atoms with E-state index in [9.17, 15) is 26.4 Å². The smallest absolute Gasteiger partial charge is 0.324 e. The predicted octanol–water partition coefficient (Wildman–Crippen LogP) is 4.92. The third kappa shape index (κ3) is 6.17. The van der Waals surface area contributed by atoms with Gasteiger partial charge in [0, 0.05) is 25.2 Å². The topological polar surface area (TPSA) is 69.7 Å². The van der Waals surface area contributed by atoms with Crippen LogP contribution in [-0.2, 0) is 21.0 Å². The van der Waals surface area contributed by atoms with Gasteiger partial charge in [0.15, 0.2) is 0 Å². The highest BCUT2D eigenvalue weighted by Gasteiger charge is 2.44. The molecule has 0 radical (unpaired) electrons. The normalized spacial score (nSPS) is 18.1. The molecule has 0 unspecified atom stereocenters. The molecule has 4 rings (SSSR count). The summed E-state index contributed by atoms with van der Waals surface area (Å²) in [4.78, 5) is 14.1. The number of amides is 1. The maximum absolute atomic E-state index is 13.4. The molecule has 2 fully saturated rings. The number of hydrogen-bond acceptors (Lipinski definition) is 4. The number of halogens is 4. The molecule has 0 aromatic heterocycles. The zero-order chi connectivity index (χ0) is 25.4. The van der Waals surface area contributed by atoms with Crippen molar-refractivity contribution in [3.63, 3.8) is 0 Å². The third-order valence-corrected chi connectivity index (χ3v) is 8.65. The van der Waals surface area contributed by atoms with Crippen molar-refractivity contribution in [2.45, 2.75) is 55.8 Å². The molecule has 11 heteroatoms. The largest absolute Gasteiger partial charge is 0.416 e. The Kier molecular flexibility index (Phi) is 7.47. The summed E-state index contributed by atoms with van der Waals surface area (Å²) in [5.74, 6) is -0.216. The van der Waals surface area contributed by atoms with Crippen LogP contribution < -0.4 is 5.32 Å². The van der Waals surface area contributed by atoms with E-state index >= 15 is 0 Å². The molecule has 1 aliphatic heterocycles. The number of hydrogen-bond donors (Lipinski definition) is 1. The Morgan fingerprint density at radius 2 is 1.74 bits per heavy atom. The molecule has 0 atom stereocenters. The van der Waals surface area contributed by atoms with Crippen molar-refractivity contribution in [1.29, 1.82) is 0 Å². The number of rotatable bonds is 7. The minimum Gasteiger partial charge on any atom is -0.324 e. The van der Waals surface area contributed by atoms with Crippen LogP contribution >= 0.6 is 11.6 Å². The molecular formula is C24H27ClF3N3O3S. The van der Waals surface area contributed by atoms with E-state index in [2.05, 4.69) is 5.32 Å². The van der Waals surface area contributed by atoms with Gasteiger partial charge in [-0.1, -0.05) is 23.7 Å². The fraction of sp³-hybridized carbons (Fsp3) is 0.458. The highest BCUT2D eigenvalue weighted by Crippen LogP contribution is 2.38. The van der Waals surface area contributed by atoms with Crippen LogP contribution in [0.1, 0.15) is 36.8 Å². The van der Waals surface area contributed by atoms with Gasteiger partial charge in [0.1, 0.15) is 0 Å². The van der Waals surface area contributed by atoms with E-state index in [0.29, 0.717) is 55.5 Å². The van der Waals surface area contributed by atoms with E-state index < -0.39 is 21.8 Å². The maximum Gasteiger partial charge on any atom is 0.416 e. The lowest BCUT2D eigenvalue weighted by Gasteiger charge is -2.37. The number of likely N-dealkylation sites (tertiary alicyclic amines) is 1. The maximum atomic E-state index is 13.4. The zero-order valence-electron chi connectivity index (χ0n) is 19.2. The van der Waals surface area contributed by atoms with Crippen molar-refractivity contribution in [2.24, 2.45) is 0 Å². The summed E-state index contributed by atoms with van der Waals surface area (Å²) < 4.78 is 67.6. The van der Waals surface area contributed by atoms with Crippen molar-refractivity contribution in [3.8, 4) is 0 Å². The molecule has 190 valence electrons. The quantitative estimate of drug-likeness (QED) is 0.552. The first-order chi connectivity index (χ1) is 16.4. The van der Waals surface area contributed by atoms with E-state index in [0.717, 1.165) is 17.7 Å². The molecule has 0 spiro atoms. The summed E-state index contributed by atoms with van der Waals surface area (Å²) in [7, 11) is -4.09. The summed E-state index contributed by atoms with van der Waals surface area (Å²) in [5.41, 5.74) is 0.523. The highest BCUT2D eigenvalue weighted by molar-refractivity contribution is 7.89. The lowest BCUT2D eigenvalue weighted by Crippen LogP contribution is -2.49. The molecule has 0 bridgehead atoms. The molecule has 1 amide bonds. The number of benzene rings is 2. The molecule has 6 nitrogen and oxygen atoms in total. The lowest BCUT2D eigenvalue weighted by molar-refractivity contribution is -0.137. The van der Waals surface area contributed by atoms with Gasteiger partial charge in [-0.05, 0) is 68.5 Å². The molecule has 35 heavy (non-hydrogen) atoms. The number of nitrogens with one attached hydrogen (secondary N) is 1. The standard InChI is InChI=1S/C24H27ClF3N3O3S/c1-16-5-8-21(25)22(13-16)29-23(32)15-30-11-9-19(10-12-30)31(18-6-7-18)35(33,34)20-4-2-3-17(14-20)24(26,27)28/h2-5,8,13-14,18-19H,6-7,9-12,15H2,1H3,(H,29,32). The summed E-state index contributed by atoms with van der Waals surface area (Å²) in [5, 5.41) is 3.26. The number of piperidine rings is 1. The molecule has 1 aliphatic carbocycles. The second-order valence-corrected chi connectivity index (χ2v) is 11.4. The van der Waals surface area contributed by atoms with Gasteiger partial charge < -0.3 is 5.32 Å². The number of carbonyl (C=O) groups excluding carboxylic acids is 1. The Bertz CT molecular complexity index is 1190. The monoisotopic (exact) mass is 529 g/mol. The molecule has 2 aromatic rings. The van der Waals surface area contributed by atoms with Crippen molar-refractivity contribution in [2.75, 3.05) is 25.0 Å². The molecule has 1 saturated carbocycles. The van der Waals surface area contributed by atoms with Gasteiger partial charge in [-0.25, -0.2) is 8.42 Å². The Hall–Kier alpha value is -2.14. The van der Waals surface area contributed by atoms with E-state index in [-0.39, 0.29) is 29.4 Å². The predicted molar refractivity (Wildman–Crippen MR) is 128 cm³/mol. The SMILES string of the molecule is Cc1ccc(Cl)c(NC(=O)CN2CCC(N(C3CC3)S(=O)(=O)c3cccc(C(F)(F)F)c3)CC2)c1. The first kappa shape index (κ1) is 25.9. The van der Waals surface area contributed by atoms with Crippen LogP contribution in [-0.4, -0.2) is 55.2 Å². The van der Waals surface area contributed by atoms with E-state index in [4.69, 9.17) is 11.6 Å². The van der Waals surface area contributed by atoms with Gasteiger partial charge in [0.25, 0.3) is 0 Å². The van der Waals surface area contributed by atoms with Crippen molar-refractivity contribution in [3.05, 3.63) is 58.6 Å². The first-order valence-corrected chi connectivity index (χ1v) is 13.3. The fourth-order valence-corrected chi connectivity index (χ4v) is 6.58. The van der Waals surface area contributed by atoms with Gasteiger partial charge >= 0.3 is 6.18 Å². The van der Waals surface area contributed by atoms with Gasteiger partial charge in [-0.15, -0.1) is 0 Å². The molecule has 1 N–H and O–H groups in total. The number of nitrogens with zero attached hydrogens (tertiary/aromatic N) is 2. The number of carbonyl (C=O) groups is 1. The molecule has 2 aromatic carbocycles. The average Bonchev–Trinajstić information content (AvgIpc) is 3.62. The molecular weight excluding hydrogens is 503 g/mol. The Labute approximate surface area is 208 Å². The summed E-state index contributed by atoms with van der Waals surface area (Å²) in [6, 6.07) is 8.76. The van der Waals surface area contributed by atoms with E-state index in [1.54, 1.807) is 12.1 Å². The average molecular weight is 530 g/mol. The zero-order valence-corrected chi connectivity index (χ0v) is 20.8. The number of alkyl halides is 3. The van der Waals surface area contributed by atoms with Crippen LogP contribution in [0.3, 0.4) is 0 Å². The summed E-state index contributed by atoms with van der Waals surface area (Å²) in [6.07, 6.45) is -2.25. The van der Waals surface area contributed by atoms with Crippen molar-refractivity contribution in [1.82, 2.24) is 9.21 Å². The van der Waals surface area contributed by atoms with Crippen molar-refractivity contribution >= 4 is 33.2 Å². The Balaban J connectivity index is 1.41. The lowest BCUT2D eigenvalue weighted by atomic mass is 10.0. The second kappa shape index (κ2) is 10.1. The van der Waals surface area contributed by atoms with Crippen molar-refractivity contribution < 1.29 is 26.4 Å². The van der Waals surface area contributed by atoms with Crippen LogP contribution in [0.25, 0.3) is 0 Å². The fourth-order valence-electron chi connectivity index (χ4n) is 4.43. The van der Waals surface area contributed by atoms with E-state index in [1.165, 1.54) is 10.4 Å². The van der Waals surface area contributed by atoms with Crippen LogP contribution in [0.5, 0.6) is 0 Å². The Morgan fingerprint density at radius 3 is 2.37 bits per heavy atom. The number of aryl methyl sites for hydroxylation is 1. The summed E-state index contributed by atoms with van der Waals surface area (Å²) >= 11 is 6.15. The van der Waals surface area contributed by atoms with E-state index in [1.807, 2.05) is 17.9 Å². The van der Waals surface area contributed by atoms with Gasteiger partial charge in [-0.2, -0.15) is 17.5 Å². The highest BCUT2D eigenvalue weighted by atomic mass is 35.5. The molecule has 2 aliphatic rings.